The van der Waals surface area contributed by atoms with Gasteiger partial charge in [0.25, 0.3) is 0 Å². The Kier molecular flexibility index (Phi) is 2.25. The largest absolute Gasteiger partial charge is 0.0847 e. The number of hydrogen-bond donors (Lipinski definition) is 0. The summed E-state index contributed by atoms with van der Waals surface area (Å²) in [6, 6.07) is 0. The lowest BCUT2D eigenvalue weighted by atomic mass is 9.76. The molecular weight excluding hydrogens is 144 g/mol. The first-order valence-corrected chi connectivity index (χ1v) is 5.52. The van der Waals surface area contributed by atoms with Crippen molar-refractivity contribution in [3.05, 3.63) is 11.6 Å². The minimum Gasteiger partial charge on any atom is -0.0847 e. The predicted molar refractivity (Wildman–Crippen MR) is 53.0 cm³/mol. The summed E-state index contributed by atoms with van der Waals surface area (Å²) in [6.45, 7) is 4.80. The highest BCUT2D eigenvalue weighted by Crippen LogP contribution is 2.46. The number of allylic oxidation sites excluding steroid dienone is 2. The van der Waals surface area contributed by atoms with Crippen LogP contribution in [0, 0.1) is 17.8 Å². The molecule has 0 bridgehead atoms. The Morgan fingerprint density at radius 2 is 2.17 bits per heavy atom. The van der Waals surface area contributed by atoms with Gasteiger partial charge in [-0.2, -0.15) is 0 Å². The van der Waals surface area contributed by atoms with E-state index in [1.54, 1.807) is 5.57 Å². The van der Waals surface area contributed by atoms with E-state index in [0.29, 0.717) is 0 Å². The molecule has 2 aliphatic rings. The Labute approximate surface area is 76.1 Å². The molecule has 0 heteroatoms. The Hall–Kier alpha value is -0.260. The third-order valence-corrected chi connectivity index (χ3v) is 3.91. The summed E-state index contributed by atoms with van der Waals surface area (Å²) in [7, 11) is 0. The maximum atomic E-state index is 2.48. The van der Waals surface area contributed by atoms with Gasteiger partial charge in [0.1, 0.15) is 0 Å². The first-order valence-electron chi connectivity index (χ1n) is 5.52. The lowest BCUT2D eigenvalue weighted by Gasteiger charge is -2.29. The van der Waals surface area contributed by atoms with Gasteiger partial charge in [-0.3, -0.25) is 0 Å². The van der Waals surface area contributed by atoms with Crippen LogP contribution in [0.5, 0.6) is 0 Å². The summed E-state index contributed by atoms with van der Waals surface area (Å²) in [5.74, 6) is 2.97. The molecule has 0 N–H and O–H groups in total. The lowest BCUT2D eigenvalue weighted by Crippen LogP contribution is -2.18. The molecule has 68 valence electrons. The van der Waals surface area contributed by atoms with Gasteiger partial charge >= 0.3 is 0 Å². The Balaban J connectivity index is 2.08. The highest BCUT2D eigenvalue weighted by atomic mass is 14.4. The molecular formula is C12H20. The molecule has 0 aromatic carbocycles. The first-order chi connectivity index (χ1) is 5.83. The van der Waals surface area contributed by atoms with E-state index in [4.69, 9.17) is 0 Å². The van der Waals surface area contributed by atoms with E-state index >= 15 is 0 Å². The van der Waals surface area contributed by atoms with E-state index in [0.717, 1.165) is 17.8 Å². The van der Waals surface area contributed by atoms with E-state index in [1.807, 2.05) is 0 Å². The standard InChI is InChI=1S/C12H20/c1-3-10-8-7-9(2)12(10)11-5-4-6-11/h5,9-10,12H,3-4,6-8H2,1-2H3. The second kappa shape index (κ2) is 3.24. The normalized spacial score (nSPS) is 40.8. The lowest BCUT2D eigenvalue weighted by molar-refractivity contribution is 0.352. The second-order valence-corrected chi connectivity index (χ2v) is 4.57. The Morgan fingerprint density at radius 1 is 1.42 bits per heavy atom. The average molecular weight is 164 g/mol. The van der Waals surface area contributed by atoms with Crippen molar-refractivity contribution in [2.45, 2.75) is 46.0 Å². The molecule has 3 unspecified atom stereocenters. The molecule has 0 amide bonds. The summed E-state index contributed by atoms with van der Waals surface area (Å²) < 4.78 is 0. The van der Waals surface area contributed by atoms with Gasteiger partial charge < -0.3 is 0 Å². The number of hydrogen-bond acceptors (Lipinski definition) is 0. The Bertz CT molecular complexity index is 190. The molecule has 0 saturated heterocycles. The van der Waals surface area contributed by atoms with E-state index in [9.17, 15) is 0 Å². The monoisotopic (exact) mass is 164 g/mol. The molecule has 0 aromatic heterocycles. The zero-order valence-electron chi connectivity index (χ0n) is 8.34. The maximum absolute atomic E-state index is 2.48. The summed E-state index contributed by atoms with van der Waals surface area (Å²) in [5, 5.41) is 0. The van der Waals surface area contributed by atoms with Crippen molar-refractivity contribution >= 4 is 0 Å². The van der Waals surface area contributed by atoms with Crippen LogP contribution in [0.25, 0.3) is 0 Å². The van der Waals surface area contributed by atoms with Gasteiger partial charge in [0.15, 0.2) is 0 Å². The summed E-state index contributed by atoms with van der Waals surface area (Å²) in [5.41, 5.74) is 1.80. The fourth-order valence-electron chi connectivity index (χ4n) is 3.04. The van der Waals surface area contributed by atoms with Crippen molar-refractivity contribution in [3.63, 3.8) is 0 Å². The third kappa shape index (κ3) is 1.22. The summed E-state index contributed by atoms with van der Waals surface area (Å²) in [4.78, 5) is 0. The molecule has 0 aromatic rings. The first kappa shape index (κ1) is 8.34. The van der Waals surface area contributed by atoms with Crippen LogP contribution in [-0.2, 0) is 0 Å². The van der Waals surface area contributed by atoms with Gasteiger partial charge in [-0.1, -0.05) is 31.9 Å². The predicted octanol–water partition coefficient (Wildman–Crippen LogP) is 3.78. The molecule has 2 aliphatic carbocycles. The molecule has 1 saturated carbocycles. The van der Waals surface area contributed by atoms with Crippen LogP contribution in [0.1, 0.15) is 46.0 Å². The zero-order valence-corrected chi connectivity index (χ0v) is 8.34. The van der Waals surface area contributed by atoms with Crippen molar-refractivity contribution < 1.29 is 0 Å². The van der Waals surface area contributed by atoms with Crippen LogP contribution < -0.4 is 0 Å². The van der Waals surface area contributed by atoms with Crippen molar-refractivity contribution in [3.8, 4) is 0 Å². The molecule has 0 spiro atoms. The van der Waals surface area contributed by atoms with Crippen molar-refractivity contribution in [2.24, 2.45) is 17.8 Å². The van der Waals surface area contributed by atoms with Crippen LogP contribution in [0.2, 0.25) is 0 Å². The number of rotatable bonds is 2. The van der Waals surface area contributed by atoms with Gasteiger partial charge in [0.2, 0.25) is 0 Å². The SMILES string of the molecule is CCC1CCC(C)C1C1=CCC1. The smallest absolute Gasteiger partial charge is 0.0149 e. The zero-order chi connectivity index (χ0) is 8.55. The minimum atomic E-state index is 0.974. The second-order valence-electron chi connectivity index (χ2n) is 4.57. The fourth-order valence-corrected chi connectivity index (χ4v) is 3.04. The van der Waals surface area contributed by atoms with Gasteiger partial charge in [0, 0.05) is 0 Å². The third-order valence-electron chi connectivity index (χ3n) is 3.91. The van der Waals surface area contributed by atoms with E-state index in [2.05, 4.69) is 19.9 Å². The molecule has 2 rings (SSSR count). The van der Waals surface area contributed by atoms with E-state index in [1.165, 1.54) is 32.1 Å². The summed E-state index contributed by atoms with van der Waals surface area (Å²) in [6.07, 6.45) is 9.60. The minimum absolute atomic E-state index is 0.974. The molecule has 0 aliphatic heterocycles. The van der Waals surface area contributed by atoms with Gasteiger partial charge in [-0.15, -0.1) is 0 Å². The van der Waals surface area contributed by atoms with Crippen LogP contribution in [0.15, 0.2) is 11.6 Å². The van der Waals surface area contributed by atoms with Crippen LogP contribution in [-0.4, -0.2) is 0 Å². The molecule has 1 fully saturated rings. The van der Waals surface area contributed by atoms with Crippen LogP contribution >= 0.6 is 0 Å². The maximum Gasteiger partial charge on any atom is -0.0149 e. The highest BCUT2D eigenvalue weighted by molar-refractivity contribution is 5.19. The van der Waals surface area contributed by atoms with E-state index in [-0.39, 0.29) is 0 Å². The van der Waals surface area contributed by atoms with E-state index < -0.39 is 0 Å². The molecule has 0 heterocycles. The van der Waals surface area contributed by atoms with Crippen LogP contribution in [0.4, 0.5) is 0 Å². The van der Waals surface area contributed by atoms with Crippen molar-refractivity contribution in [1.29, 1.82) is 0 Å². The molecule has 0 radical (unpaired) electrons. The Morgan fingerprint density at radius 3 is 2.67 bits per heavy atom. The summed E-state index contributed by atoms with van der Waals surface area (Å²) >= 11 is 0. The fraction of sp³-hybridized carbons (Fsp3) is 0.833. The van der Waals surface area contributed by atoms with Gasteiger partial charge in [-0.25, -0.2) is 0 Å². The quantitative estimate of drug-likeness (QED) is 0.545. The topological polar surface area (TPSA) is 0 Å². The molecule has 3 atom stereocenters. The highest BCUT2D eigenvalue weighted by Gasteiger charge is 2.35. The average Bonchev–Trinajstić information content (AvgIpc) is 2.30. The molecule has 12 heavy (non-hydrogen) atoms. The van der Waals surface area contributed by atoms with Crippen molar-refractivity contribution in [2.75, 3.05) is 0 Å². The van der Waals surface area contributed by atoms with Crippen molar-refractivity contribution in [1.82, 2.24) is 0 Å². The molecule has 0 nitrogen and oxygen atoms in total. The van der Waals surface area contributed by atoms with Gasteiger partial charge in [-0.05, 0) is 43.4 Å². The van der Waals surface area contributed by atoms with Gasteiger partial charge in [0.05, 0.1) is 0 Å². The van der Waals surface area contributed by atoms with Crippen LogP contribution in [0.3, 0.4) is 0 Å².